The summed E-state index contributed by atoms with van der Waals surface area (Å²) in [7, 11) is 0. The first-order valence-corrected chi connectivity index (χ1v) is 11.6. The van der Waals surface area contributed by atoms with Crippen molar-refractivity contribution in [1.82, 2.24) is 20.4 Å². The summed E-state index contributed by atoms with van der Waals surface area (Å²) in [6.07, 6.45) is 6.79. The smallest absolute Gasteiger partial charge is 0.223 e. The zero-order valence-corrected chi connectivity index (χ0v) is 18.4. The highest BCUT2D eigenvalue weighted by molar-refractivity contribution is 5.78. The van der Waals surface area contributed by atoms with Gasteiger partial charge in [-0.15, -0.1) is 0 Å². The van der Waals surface area contributed by atoms with Crippen LogP contribution in [0.4, 0.5) is 0 Å². The molecule has 2 heterocycles. The number of aryl methyl sites for hydroxylation is 1. The average molecular weight is 415 g/mol. The number of nitrogens with zero attached hydrogens (tertiary/aromatic N) is 2. The van der Waals surface area contributed by atoms with E-state index in [1.807, 2.05) is 0 Å². The maximum atomic E-state index is 12.3. The first kappa shape index (κ1) is 22.8. The topological polar surface area (TPSA) is 64.7 Å². The van der Waals surface area contributed by atoms with Gasteiger partial charge in [-0.05, 0) is 76.8 Å². The number of benzene rings is 1. The molecule has 3 rings (SSSR count). The standard InChI is InChI=1S/C24H38N4O2/c1-20(29)25-13-14-26-24(30)22-9-18-28(19-10-22)23-11-16-27(17-12-23)15-5-8-21-6-3-2-4-7-21/h2-4,6-7,22-23H,5,8-19H2,1H3,(H,25,29)(H,26,30). The van der Waals surface area contributed by atoms with Crippen molar-refractivity contribution < 1.29 is 9.59 Å². The Hall–Kier alpha value is -1.92. The Balaban J connectivity index is 1.28. The Labute approximate surface area is 181 Å². The van der Waals surface area contributed by atoms with Gasteiger partial charge in [-0.1, -0.05) is 30.3 Å². The highest BCUT2D eigenvalue weighted by Gasteiger charge is 2.30. The van der Waals surface area contributed by atoms with Crippen molar-refractivity contribution in [1.29, 1.82) is 0 Å². The largest absolute Gasteiger partial charge is 0.355 e. The molecular weight excluding hydrogens is 376 g/mol. The summed E-state index contributed by atoms with van der Waals surface area (Å²) < 4.78 is 0. The number of hydrogen-bond acceptors (Lipinski definition) is 4. The molecule has 0 bridgehead atoms. The maximum absolute atomic E-state index is 12.3. The summed E-state index contributed by atoms with van der Waals surface area (Å²) in [5, 5.41) is 5.67. The molecule has 1 aromatic carbocycles. The van der Waals surface area contributed by atoms with Crippen molar-refractivity contribution in [2.24, 2.45) is 5.92 Å². The van der Waals surface area contributed by atoms with Crippen molar-refractivity contribution >= 4 is 11.8 Å². The maximum Gasteiger partial charge on any atom is 0.223 e. The van der Waals surface area contributed by atoms with Crippen molar-refractivity contribution in [3.05, 3.63) is 35.9 Å². The van der Waals surface area contributed by atoms with Crippen molar-refractivity contribution in [2.45, 2.75) is 51.5 Å². The van der Waals surface area contributed by atoms with E-state index in [0.29, 0.717) is 19.1 Å². The number of hydrogen-bond donors (Lipinski definition) is 2. The number of carbonyl (C=O) groups is 2. The molecule has 0 aromatic heterocycles. The van der Waals surface area contributed by atoms with E-state index in [1.54, 1.807) is 0 Å². The van der Waals surface area contributed by atoms with Gasteiger partial charge in [0, 0.05) is 32.0 Å². The SMILES string of the molecule is CC(=O)NCCNC(=O)C1CCN(C2CCN(CCCc3ccccc3)CC2)CC1. The van der Waals surface area contributed by atoms with Gasteiger partial charge in [0.2, 0.25) is 11.8 Å². The lowest BCUT2D eigenvalue weighted by molar-refractivity contribution is -0.127. The molecule has 2 aliphatic rings. The minimum absolute atomic E-state index is 0.0557. The van der Waals surface area contributed by atoms with Gasteiger partial charge in [0.1, 0.15) is 0 Å². The molecule has 2 amide bonds. The molecule has 2 fully saturated rings. The lowest BCUT2D eigenvalue weighted by atomic mass is 9.92. The normalized spacial score (nSPS) is 19.5. The highest BCUT2D eigenvalue weighted by Crippen LogP contribution is 2.24. The third-order valence-corrected chi connectivity index (χ3v) is 6.55. The minimum atomic E-state index is -0.0557. The fourth-order valence-corrected chi connectivity index (χ4v) is 4.75. The van der Waals surface area contributed by atoms with Crippen LogP contribution in [-0.4, -0.2) is 73.5 Å². The van der Waals surface area contributed by atoms with E-state index >= 15 is 0 Å². The van der Waals surface area contributed by atoms with Gasteiger partial charge in [0.25, 0.3) is 0 Å². The number of rotatable bonds is 9. The van der Waals surface area contributed by atoms with Gasteiger partial charge in [-0.3, -0.25) is 9.59 Å². The molecule has 30 heavy (non-hydrogen) atoms. The number of nitrogens with one attached hydrogen (secondary N) is 2. The van der Waals surface area contributed by atoms with E-state index in [-0.39, 0.29) is 17.7 Å². The number of carbonyl (C=O) groups excluding carboxylic acids is 2. The van der Waals surface area contributed by atoms with Crippen LogP contribution in [0.3, 0.4) is 0 Å². The summed E-state index contributed by atoms with van der Waals surface area (Å²) in [6.45, 7) is 8.16. The second kappa shape index (κ2) is 12.1. The minimum Gasteiger partial charge on any atom is -0.355 e. The Morgan fingerprint density at radius 3 is 2.27 bits per heavy atom. The molecule has 2 aliphatic heterocycles. The Morgan fingerprint density at radius 1 is 0.933 bits per heavy atom. The Kier molecular flexibility index (Phi) is 9.15. The molecule has 0 atom stereocenters. The quantitative estimate of drug-likeness (QED) is 0.607. The van der Waals surface area contributed by atoms with Gasteiger partial charge >= 0.3 is 0 Å². The molecule has 0 unspecified atom stereocenters. The average Bonchev–Trinajstić information content (AvgIpc) is 2.78. The Bertz CT molecular complexity index is 650. The molecule has 1 aromatic rings. The Morgan fingerprint density at radius 2 is 1.60 bits per heavy atom. The van der Waals surface area contributed by atoms with Crippen LogP contribution >= 0.6 is 0 Å². The lowest BCUT2D eigenvalue weighted by Crippen LogP contribution is -2.49. The van der Waals surface area contributed by atoms with Gasteiger partial charge in [-0.2, -0.15) is 0 Å². The van der Waals surface area contributed by atoms with E-state index in [2.05, 4.69) is 50.8 Å². The molecule has 2 saturated heterocycles. The van der Waals surface area contributed by atoms with Crippen LogP contribution in [-0.2, 0) is 16.0 Å². The van der Waals surface area contributed by atoms with Crippen molar-refractivity contribution in [3.63, 3.8) is 0 Å². The summed E-state index contributed by atoms with van der Waals surface area (Å²) in [6, 6.07) is 11.5. The van der Waals surface area contributed by atoms with Crippen LogP contribution in [0.5, 0.6) is 0 Å². The number of amides is 2. The molecule has 0 spiro atoms. The predicted molar refractivity (Wildman–Crippen MR) is 120 cm³/mol. The van der Waals surface area contributed by atoms with E-state index in [0.717, 1.165) is 25.9 Å². The zero-order valence-electron chi connectivity index (χ0n) is 18.4. The van der Waals surface area contributed by atoms with Gasteiger partial charge in [-0.25, -0.2) is 0 Å². The summed E-state index contributed by atoms with van der Waals surface area (Å²) in [5.74, 6) is 0.213. The fraction of sp³-hybridized carbons (Fsp3) is 0.667. The predicted octanol–water partition coefficient (Wildman–Crippen LogP) is 2.05. The molecule has 166 valence electrons. The van der Waals surface area contributed by atoms with E-state index < -0.39 is 0 Å². The second-order valence-corrected chi connectivity index (χ2v) is 8.75. The van der Waals surface area contributed by atoms with Crippen molar-refractivity contribution in [2.75, 3.05) is 45.8 Å². The number of piperidine rings is 2. The first-order chi connectivity index (χ1) is 14.6. The van der Waals surface area contributed by atoms with Gasteiger partial charge < -0.3 is 20.4 Å². The third-order valence-electron chi connectivity index (χ3n) is 6.55. The summed E-state index contributed by atoms with van der Waals surface area (Å²) in [5.41, 5.74) is 1.44. The molecule has 0 saturated carbocycles. The summed E-state index contributed by atoms with van der Waals surface area (Å²) >= 11 is 0. The number of likely N-dealkylation sites (tertiary alicyclic amines) is 2. The van der Waals surface area contributed by atoms with Crippen LogP contribution in [0.15, 0.2) is 30.3 Å². The molecule has 0 radical (unpaired) electrons. The monoisotopic (exact) mass is 414 g/mol. The molecule has 6 heteroatoms. The van der Waals surface area contributed by atoms with Gasteiger partial charge in [0.05, 0.1) is 0 Å². The zero-order chi connectivity index (χ0) is 21.2. The van der Waals surface area contributed by atoms with Gasteiger partial charge in [0.15, 0.2) is 0 Å². The molecular formula is C24H38N4O2. The molecule has 2 N–H and O–H groups in total. The van der Waals surface area contributed by atoms with E-state index in [9.17, 15) is 9.59 Å². The van der Waals surface area contributed by atoms with Crippen LogP contribution in [0.1, 0.15) is 44.6 Å². The van der Waals surface area contributed by atoms with Crippen LogP contribution < -0.4 is 10.6 Å². The van der Waals surface area contributed by atoms with Crippen LogP contribution in [0.25, 0.3) is 0 Å². The van der Waals surface area contributed by atoms with E-state index in [4.69, 9.17) is 0 Å². The highest BCUT2D eigenvalue weighted by atomic mass is 16.2. The molecule has 0 aliphatic carbocycles. The third kappa shape index (κ3) is 7.40. The summed E-state index contributed by atoms with van der Waals surface area (Å²) in [4.78, 5) is 28.4. The second-order valence-electron chi connectivity index (χ2n) is 8.75. The van der Waals surface area contributed by atoms with E-state index in [1.165, 1.54) is 57.8 Å². The van der Waals surface area contributed by atoms with Crippen LogP contribution in [0.2, 0.25) is 0 Å². The molecule has 6 nitrogen and oxygen atoms in total. The van der Waals surface area contributed by atoms with Crippen molar-refractivity contribution in [3.8, 4) is 0 Å². The first-order valence-electron chi connectivity index (χ1n) is 11.6. The van der Waals surface area contributed by atoms with Crippen LogP contribution in [0, 0.1) is 5.92 Å². The lowest BCUT2D eigenvalue weighted by Gasteiger charge is -2.41. The fourth-order valence-electron chi connectivity index (χ4n) is 4.75.